The van der Waals surface area contributed by atoms with Crippen molar-refractivity contribution in [3.05, 3.63) is 11.6 Å². The third kappa shape index (κ3) is 4.78. The molecule has 1 fully saturated rings. The van der Waals surface area contributed by atoms with Gasteiger partial charge >= 0.3 is 6.18 Å². The van der Waals surface area contributed by atoms with Crippen LogP contribution in [0.25, 0.3) is 0 Å². The molecule has 0 aromatic heterocycles. The molecule has 0 saturated carbocycles. The number of alkyl halides is 4. The van der Waals surface area contributed by atoms with E-state index in [1.165, 1.54) is 6.08 Å². The minimum atomic E-state index is -4.38. The van der Waals surface area contributed by atoms with E-state index >= 15 is 0 Å². The Hall–Kier alpha value is -0.260. The first-order valence-corrected chi connectivity index (χ1v) is 6.16. The van der Waals surface area contributed by atoms with Gasteiger partial charge in [-0.2, -0.15) is 13.2 Å². The number of allylic oxidation sites excluding steroid dienone is 1. The molecule has 1 saturated heterocycles. The molecule has 0 N–H and O–H groups in total. The second-order valence-electron chi connectivity index (χ2n) is 5.31. The largest absolute Gasteiger partial charge is 0.405 e. The summed E-state index contributed by atoms with van der Waals surface area (Å²) in [7, 11) is 0. The Morgan fingerprint density at radius 2 is 1.89 bits per heavy atom. The molecule has 0 amide bonds. The molecule has 0 aromatic rings. The van der Waals surface area contributed by atoms with E-state index in [0.717, 1.165) is 0 Å². The van der Waals surface area contributed by atoms with Crippen LogP contribution in [0.2, 0.25) is 0 Å². The first-order valence-electron chi connectivity index (χ1n) is 5.72. The summed E-state index contributed by atoms with van der Waals surface area (Å²) in [6, 6.07) is 0. The highest BCUT2D eigenvalue weighted by atomic mass is 35.5. The van der Waals surface area contributed by atoms with E-state index in [2.05, 4.69) is 0 Å². The Morgan fingerprint density at radius 1 is 1.39 bits per heavy atom. The quantitative estimate of drug-likeness (QED) is 0.579. The fourth-order valence-corrected chi connectivity index (χ4v) is 1.56. The minimum absolute atomic E-state index is 0.0578. The van der Waals surface area contributed by atoms with Crippen LogP contribution in [0.15, 0.2) is 11.6 Å². The Balaban J connectivity index is 2.48. The van der Waals surface area contributed by atoms with E-state index < -0.39 is 17.8 Å². The molecule has 0 bridgehead atoms. The van der Waals surface area contributed by atoms with Gasteiger partial charge in [-0.15, -0.1) is 11.6 Å². The van der Waals surface area contributed by atoms with Crippen LogP contribution in [-0.2, 0) is 9.47 Å². The molecule has 1 atom stereocenters. The number of rotatable bonds is 3. The van der Waals surface area contributed by atoms with Gasteiger partial charge in [0.15, 0.2) is 6.29 Å². The van der Waals surface area contributed by atoms with Gasteiger partial charge in [-0.1, -0.05) is 19.9 Å². The molecule has 18 heavy (non-hydrogen) atoms. The first kappa shape index (κ1) is 15.8. The average Bonchev–Trinajstić information content (AvgIpc) is 2.24. The normalized spacial score (nSPS) is 24.1. The summed E-state index contributed by atoms with van der Waals surface area (Å²) in [5, 5.41) is -1.87. The fourth-order valence-electron chi connectivity index (χ4n) is 1.47. The molecule has 106 valence electrons. The molecule has 0 aromatic carbocycles. The van der Waals surface area contributed by atoms with E-state index in [-0.39, 0.29) is 11.8 Å². The van der Waals surface area contributed by atoms with Gasteiger partial charge in [0.2, 0.25) is 0 Å². The zero-order valence-corrected chi connectivity index (χ0v) is 11.4. The van der Waals surface area contributed by atoms with Crippen LogP contribution >= 0.6 is 11.6 Å². The molecule has 0 aliphatic carbocycles. The molecule has 1 unspecified atom stereocenters. The number of hydrogen-bond acceptors (Lipinski definition) is 2. The lowest BCUT2D eigenvalue weighted by Gasteiger charge is -2.35. The zero-order valence-electron chi connectivity index (χ0n) is 10.7. The van der Waals surface area contributed by atoms with Gasteiger partial charge in [-0.05, 0) is 18.9 Å². The van der Waals surface area contributed by atoms with Crippen LogP contribution in [0.5, 0.6) is 0 Å². The van der Waals surface area contributed by atoms with Gasteiger partial charge in [-0.25, -0.2) is 0 Å². The first-order chi connectivity index (χ1) is 8.12. The van der Waals surface area contributed by atoms with Gasteiger partial charge in [0.05, 0.1) is 13.2 Å². The van der Waals surface area contributed by atoms with Crippen molar-refractivity contribution < 1.29 is 22.6 Å². The smallest absolute Gasteiger partial charge is 0.348 e. The molecule has 6 heteroatoms. The zero-order chi connectivity index (χ0) is 14.0. The second kappa shape index (κ2) is 5.80. The predicted molar refractivity (Wildman–Crippen MR) is 63.5 cm³/mol. The molecule has 0 radical (unpaired) electrons. The van der Waals surface area contributed by atoms with Gasteiger partial charge in [0.1, 0.15) is 5.38 Å². The van der Waals surface area contributed by atoms with Gasteiger partial charge in [-0.3, -0.25) is 0 Å². The predicted octanol–water partition coefficient (Wildman–Crippen LogP) is 3.89. The minimum Gasteiger partial charge on any atom is -0.348 e. The highest BCUT2D eigenvalue weighted by molar-refractivity contribution is 6.21. The number of hydrogen-bond donors (Lipinski definition) is 0. The van der Waals surface area contributed by atoms with Crippen molar-refractivity contribution in [2.75, 3.05) is 13.2 Å². The van der Waals surface area contributed by atoms with Crippen molar-refractivity contribution >= 4 is 11.6 Å². The molecule has 1 heterocycles. The Labute approximate surface area is 110 Å². The maximum atomic E-state index is 12.2. The number of ether oxygens (including phenoxy) is 2. The maximum absolute atomic E-state index is 12.2. The summed E-state index contributed by atoms with van der Waals surface area (Å²) in [6.45, 7) is 6.73. The summed E-state index contributed by atoms with van der Waals surface area (Å²) in [5.41, 5.74) is 0.568. The lowest BCUT2D eigenvalue weighted by Crippen LogP contribution is -2.38. The van der Waals surface area contributed by atoms with E-state index in [0.29, 0.717) is 18.8 Å². The molecular formula is C12H18ClF3O2. The summed E-state index contributed by atoms with van der Waals surface area (Å²) in [6.07, 6.45) is -3.79. The number of halogens is 4. The van der Waals surface area contributed by atoms with Crippen molar-refractivity contribution in [3.63, 3.8) is 0 Å². The van der Waals surface area contributed by atoms with Crippen molar-refractivity contribution in [2.45, 2.75) is 45.0 Å². The molecule has 1 aliphatic heterocycles. The van der Waals surface area contributed by atoms with E-state index in [1.54, 1.807) is 6.92 Å². The molecule has 0 spiro atoms. The van der Waals surface area contributed by atoms with E-state index in [1.807, 2.05) is 13.8 Å². The molecular weight excluding hydrogens is 269 g/mol. The van der Waals surface area contributed by atoms with Crippen LogP contribution < -0.4 is 0 Å². The van der Waals surface area contributed by atoms with Crippen molar-refractivity contribution in [1.82, 2.24) is 0 Å². The third-order valence-electron chi connectivity index (χ3n) is 2.62. The summed E-state index contributed by atoms with van der Waals surface area (Å²) in [4.78, 5) is 0. The Kier molecular flexibility index (Phi) is 5.09. The van der Waals surface area contributed by atoms with Crippen molar-refractivity contribution in [1.29, 1.82) is 0 Å². The highest BCUT2D eigenvalue weighted by Gasteiger charge is 2.37. The monoisotopic (exact) mass is 286 g/mol. The van der Waals surface area contributed by atoms with Crippen LogP contribution in [0.1, 0.15) is 27.2 Å². The standard InChI is InChI=1S/C12H18ClF3O2/c1-8(4-5-9(13)12(14,15)16)10-17-6-11(2,3)7-18-10/h4,9-10H,5-7H2,1-3H3. The van der Waals surface area contributed by atoms with Gasteiger partial charge in [0.25, 0.3) is 0 Å². The van der Waals surface area contributed by atoms with Gasteiger partial charge in [0, 0.05) is 5.41 Å². The second-order valence-corrected chi connectivity index (χ2v) is 5.84. The molecule has 1 aliphatic rings. The summed E-state index contributed by atoms with van der Waals surface area (Å²) in [5.74, 6) is 0. The highest BCUT2D eigenvalue weighted by Crippen LogP contribution is 2.29. The van der Waals surface area contributed by atoms with Crippen molar-refractivity contribution in [3.8, 4) is 0 Å². The van der Waals surface area contributed by atoms with Crippen LogP contribution in [0, 0.1) is 5.41 Å². The maximum Gasteiger partial charge on any atom is 0.405 e. The lowest BCUT2D eigenvalue weighted by atomic mass is 9.95. The Bertz CT molecular complexity index is 303. The third-order valence-corrected chi connectivity index (χ3v) is 3.05. The SMILES string of the molecule is CC(=CCC(Cl)C(F)(F)F)C1OCC(C)(C)CO1. The molecule has 1 rings (SSSR count). The van der Waals surface area contributed by atoms with Crippen LogP contribution in [-0.4, -0.2) is 31.1 Å². The van der Waals surface area contributed by atoms with Crippen LogP contribution in [0.4, 0.5) is 13.2 Å². The van der Waals surface area contributed by atoms with E-state index in [9.17, 15) is 13.2 Å². The fraction of sp³-hybridized carbons (Fsp3) is 0.833. The van der Waals surface area contributed by atoms with Gasteiger partial charge < -0.3 is 9.47 Å². The average molecular weight is 287 g/mol. The van der Waals surface area contributed by atoms with E-state index in [4.69, 9.17) is 21.1 Å². The summed E-state index contributed by atoms with van der Waals surface area (Å²) >= 11 is 5.23. The topological polar surface area (TPSA) is 18.5 Å². The summed E-state index contributed by atoms with van der Waals surface area (Å²) < 4.78 is 47.6. The lowest BCUT2D eigenvalue weighted by molar-refractivity contribution is -0.203. The molecule has 2 nitrogen and oxygen atoms in total. The van der Waals surface area contributed by atoms with Crippen LogP contribution in [0.3, 0.4) is 0 Å². The van der Waals surface area contributed by atoms with Crippen molar-refractivity contribution in [2.24, 2.45) is 5.41 Å². The Morgan fingerprint density at radius 3 is 2.33 bits per heavy atom.